The topological polar surface area (TPSA) is 108 Å². The molecular weight excluding hydrogens is 1070 g/mol. The van der Waals surface area contributed by atoms with Gasteiger partial charge < -0.3 is 28.5 Å². The van der Waals surface area contributed by atoms with Crippen molar-refractivity contribution in [1.29, 1.82) is 0 Å². The zero-order valence-corrected chi connectivity index (χ0v) is 57.0. The first-order chi connectivity index (χ1) is 42.1. The van der Waals surface area contributed by atoms with Crippen LogP contribution < -0.4 is 0 Å². The molecule has 0 spiro atoms. The Morgan fingerprint density at radius 1 is 0.360 bits per heavy atom. The first kappa shape index (κ1) is 82.5. The maximum absolute atomic E-state index is 12.9. The van der Waals surface area contributed by atoms with Gasteiger partial charge in [0.25, 0.3) is 6.29 Å². The molecule has 0 aliphatic carbocycles. The normalized spacial score (nSPS) is 13.2. The first-order valence-corrected chi connectivity index (χ1v) is 36.3. The molecule has 0 radical (unpaired) electrons. The van der Waals surface area contributed by atoms with E-state index in [0.717, 1.165) is 89.9 Å². The van der Waals surface area contributed by atoms with Crippen molar-refractivity contribution in [3.63, 3.8) is 0 Å². The Morgan fingerprint density at radius 3 is 0.988 bits per heavy atom. The highest BCUT2D eigenvalue weighted by atomic mass is 16.7. The Balaban J connectivity index is 4.11. The van der Waals surface area contributed by atoms with Gasteiger partial charge in [0, 0.05) is 12.8 Å². The number of rotatable bonds is 67. The summed E-state index contributed by atoms with van der Waals surface area (Å²) in [6.45, 7) is 4.79. The average molecular weight is 1210 g/mol. The lowest BCUT2D eigenvalue weighted by Gasteiger charge is -2.25. The van der Waals surface area contributed by atoms with E-state index in [2.05, 4.69) is 98.9 Å². The molecule has 2 atom stereocenters. The van der Waals surface area contributed by atoms with Crippen molar-refractivity contribution in [3.05, 3.63) is 85.1 Å². The monoisotopic (exact) mass is 1210 g/mol. The van der Waals surface area contributed by atoms with Crippen LogP contribution >= 0.6 is 0 Å². The summed E-state index contributed by atoms with van der Waals surface area (Å²) in [7, 11) is 5.98. The second-order valence-corrected chi connectivity index (χ2v) is 25.5. The highest BCUT2D eigenvalue weighted by molar-refractivity contribution is 5.71. The van der Waals surface area contributed by atoms with Crippen molar-refractivity contribution in [1.82, 2.24) is 0 Å². The lowest BCUT2D eigenvalue weighted by atomic mass is 10.0. The highest BCUT2D eigenvalue weighted by Crippen LogP contribution is 2.18. The lowest BCUT2D eigenvalue weighted by Crippen LogP contribution is -2.40. The summed E-state index contributed by atoms with van der Waals surface area (Å²) >= 11 is 0. The number of hydrogen-bond acceptors (Lipinski definition) is 7. The van der Waals surface area contributed by atoms with Crippen LogP contribution in [0.1, 0.15) is 328 Å². The van der Waals surface area contributed by atoms with Crippen molar-refractivity contribution in [2.75, 3.05) is 47.5 Å². The van der Waals surface area contributed by atoms with Crippen LogP contribution in [0.4, 0.5) is 0 Å². The molecule has 86 heavy (non-hydrogen) atoms. The van der Waals surface area contributed by atoms with Gasteiger partial charge >= 0.3 is 17.9 Å². The summed E-state index contributed by atoms with van der Waals surface area (Å²) in [6.07, 6.45) is 88.5. The number of carboxylic acid groups (broad SMARTS) is 1. The Morgan fingerprint density at radius 2 is 0.663 bits per heavy atom. The number of carbonyl (C=O) groups is 3. The summed E-state index contributed by atoms with van der Waals surface area (Å²) in [5.74, 6) is -2.01. The van der Waals surface area contributed by atoms with E-state index in [4.69, 9.17) is 18.9 Å². The van der Waals surface area contributed by atoms with Gasteiger partial charge in [0.1, 0.15) is 13.2 Å². The van der Waals surface area contributed by atoms with E-state index >= 15 is 0 Å². The molecule has 0 saturated carbocycles. The third-order valence-electron chi connectivity index (χ3n) is 15.9. The van der Waals surface area contributed by atoms with E-state index in [1.165, 1.54) is 205 Å². The van der Waals surface area contributed by atoms with Crippen molar-refractivity contribution >= 4 is 17.9 Å². The number of aliphatic carboxylic acids is 1. The maximum atomic E-state index is 12.9. The number of esters is 2. The number of unbranched alkanes of at least 4 members (excludes halogenated alkanes) is 38. The molecule has 0 rings (SSSR count). The predicted molar refractivity (Wildman–Crippen MR) is 369 cm³/mol. The van der Waals surface area contributed by atoms with Gasteiger partial charge in [0.05, 0.1) is 34.4 Å². The van der Waals surface area contributed by atoms with E-state index in [1.807, 2.05) is 21.1 Å². The fraction of sp³-hybridized carbons (Fsp3) is 0.779. The van der Waals surface area contributed by atoms with Gasteiger partial charge in [-0.05, 0) is 70.6 Å². The Labute approximate surface area is 531 Å². The van der Waals surface area contributed by atoms with Crippen molar-refractivity contribution < 1.29 is 42.9 Å². The Kier molecular flexibility index (Phi) is 64.6. The van der Waals surface area contributed by atoms with E-state index < -0.39 is 24.3 Å². The Hall–Kier alpha value is -3.53. The largest absolute Gasteiger partial charge is 0.477 e. The quantitative estimate of drug-likeness (QED) is 0.0211. The second-order valence-electron chi connectivity index (χ2n) is 25.5. The predicted octanol–water partition coefficient (Wildman–Crippen LogP) is 22.6. The highest BCUT2D eigenvalue weighted by Gasteiger charge is 2.25. The molecule has 0 amide bonds. The van der Waals surface area contributed by atoms with E-state index in [0.29, 0.717) is 23.9 Å². The summed E-state index contributed by atoms with van der Waals surface area (Å²) in [5, 5.41) is 9.75. The number of quaternary nitrogens is 1. The molecule has 0 aromatic carbocycles. The zero-order chi connectivity index (χ0) is 62.6. The van der Waals surface area contributed by atoms with Crippen LogP contribution in [0.2, 0.25) is 0 Å². The van der Waals surface area contributed by atoms with Gasteiger partial charge in [-0.2, -0.15) is 0 Å². The molecular formula is C77H138NO8+. The molecule has 0 aromatic heterocycles. The van der Waals surface area contributed by atoms with Crippen LogP contribution in [0.15, 0.2) is 85.1 Å². The number of allylic oxidation sites excluding steroid dienone is 14. The lowest BCUT2D eigenvalue weighted by molar-refractivity contribution is -0.870. The van der Waals surface area contributed by atoms with Crippen LogP contribution in [0.5, 0.6) is 0 Å². The van der Waals surface area contributed by atoms with Crippen molar-refractivity contribution in [2.24, 2.45) is 0 Å². The van der Waals surface area contributed by atoms with Crippen molar-refractivity contribution in [2.45, 2.75) is 341 Å². The molecule has 0 fully saturated rings. The van der Waals surface area contributed by atoms with Crippen LogP contribution in [0.3, 0.4) is 0 Å². The van der Waals surface area contributed by atoms with E-state index in [-0.39, 0.29) is 32.2 Å². The molecule has 9 heteroatoms. The molecule has 498 valence electrons. The van der Waals surface area contributed by atoms with Crippen LogP contribution in [0, 0.1) is 0 Å². The summed E-state index contributed by atoms with van der Waals surface area (Å²) < 4.78 is 23.0. The number of ether oxygens (including phenoxy) is 4. The van der Waals surface area contributed by atoms with Gasteiger partial charge in [-0.3, -0.25) is 9.59 Å². The molecule has 0 heterocycles. The minimum Gasteiger partial charge on any atom is -0.477 e. The van der Waals surface area contributed by atoms with Gasteiger partial charge in [-0.1, -0.05) is 330 Å². The molecule has 0 bridgehead atoms. The molecule has 0 saturated heterocycles. The fourth-order valence-corrected chi connectivity index (χ4v) is 10.4. The summed E-state index contributed by atoms with van der Waals surface area (Å²) in [4.78, 5) is 37.6. The van der Waals surface area contributed by atoms with Crippen LogP contribution in [0.25, 0.3) is 0 Å². The first-order valence-electron chi connectivity index (χ1n) is 36.3. The van der Waals surface area contributed by atoms with Gasteiger partial charge in [-0.25, -0.2) is 4.79 Å². The number of nitrogens with zero attached hydrogens (tertiary/aromatic N) is 1. The van der Waals surface area contributed by atoms with Gasteiger partial charge in [0.2, 0.25) is 0 Å². The molecule has 2 unspecified atom stereocenters. The fourth-order valence-electron chi connectivity index (χ4n) is 10.4. The molecule has 0 aromatic rings. The third kappa shape index (κ3) is 68.0. The minimum atomic E-state index is -1.52. The third-order valence-corrected chi connectivity index (χ3v) is 15.9. The minimum absolute atomic E-state index is 0.183. The number of carboxylic acids is 1. The average Bonchev–Trinajstić information content (AvgIpc) is 3.64. The number of hydrogen-bond donors (Lipinski definition) is 1. The van der Waals surface area contributed by atoms with E-state index in [1.54, 1.807) is 0 Å². The Bertz CT molecular complexity index is 1690. The molecule has 9 nitrogen and oxygen atoms in total. The van der Waals surface area contributed by atoms with Crippen LogP contribution in [-0.4, -0.2) is 87.4 Å². The summed E-state index contributed by atoms with van der Waals surface area (Å²) in [6, 6.07) is 0. The van der Waals surface area contributed by atoms with Crippen LogP contribution in [-0.2, 0) is 33.3 Å². The maximum Gasteiger partial charge on any atom is 0.361 e. The van der Waals surface area contributed by atoms with Gasteiger partial charge in [0.15, 0.2) is 6.10 Å². The standard InChI is InChI=1S/C77H137NO8/c1-6-8-10-12-14-16-18-20-22-24-26-28-30-32-34-36-37-38-40-41-43-45-47-49-51-53-55-57-59-61-63-65-67-74(79)84-71-73(72-85-77(76(81)82)83-70-69-78(3,4)5)86-75(80)68-66-64-62-60-58-56-54-52-50-48-46-44-42-39-35-33-31-29-27-25-23-21-19-17-15-13-11-9-7-2/h9,11,15,17,21,23,27,29,33,35,42,44,48,50,73,77H,6-8,10,12-14,16,18-20,22,24-26,28,30-32,34,36-41,43,45-47,49,51-72H2,1-5H3/p+1/b11-9-,17-15-,23-21-,29-27-,35-33-,44-42-,50-48-. The molecule has 0 aliphatic rings. The molecule has 0 aliphatic heterocycles. The van der Waals surface area contributed by atoms with E-state index in [9.17, 15) is 19.5 Å². The smallest absolute Gasteiger partial charge is 0.361 e. The number of carbonyl (C=O) groups excluding carboxylic acids is 2. The summed E-state index contributed by atoms with van der Waals surface area (Å²) in [5.41, 5.74) is 0. The zero-order valence-electron chi connectivity index (χ0n) is 57.0. The molecule has 1 N–H and O–H groups in total. The number of likely N-dealkylation sites (N-methyl/N-ethyl adjacent to an activating group) is 1. The van der Waals surface area contributed by atoms with Crippen molar-refractivity contribution in [3.8, 4) is 0 Å². The van der Waals surface area contributed by atoms with Gasteiger partial charge in [-0.15, -0.1) is 0 Å². The second kappa shape index (κ2) is 67.4. The SMILES string of the molecule is CC/C=C\C/C=C\C/C=C\C/C=C\C/C=C\C/C=C\C/C=C\CCCCCCCCCC(=O)OC(COC(=O)CCCCCCCCCCCCCCCCCCCCCCCCCCCCCCCCCC)COC(OCC[N+](C)(C)C)C(=O)O.